The van der Waals surface area contributed by atoms with Gasteiger partial charge in [-0.3, -0.25) is 0 Å². The molecule has 88 valence electrons. The van der Waals surface area contributed by atoms with E-state index in [4.69, 9.17) is 14.6 Å². The van der Waals surface area contributed by atoms with Crippen molar-refractivity contribution in [2.75, 3.05) is 6.61 Å². The molecule has 1 rings (SSSR count). The number of hydrogen-bond acceptors (Lipinski definition) is 3. The van der Waals surface area contributed by atoms with Gasteiger partial charge in [-0.2, -0.15) is 0 Å². The van der Waals surface area contributed by atoms with E-state index in [1.165, 1.54) is 0 Å². The number of carboxylic acids is 1. The Kier molecular flexibility index (Phi) is 5.05. The Bertz CT molecular complexity index is 195. The van der Waals surface area contributed by atoms with Crippen molar-refractivity contribution in [3.63, 3.8) is 0 Å². The Hall–Kier alpha value is -0.610. The third-order valence-electron chi connectivity index (χ3n) is 2.53. The standard InChI is InChI=1S/C11H20O4/c1-8(2)15-10-5-3-9(4-6-10)14-7-11(12)13/h8-10H,3-7H2,1-2H3,(H,12,13). The lowest BCUT2D eigenvalue weighted by Gasteiger charge is -2.29. The highest BCUT2D eigenvalue weighted by Gasteiger charge is 2.23. The summed E-state index contributed by atoms with van der Waals surface area (Å²) in [4.78, 5) is 10.3. The van der Waals surface area contributed by atoms with Crippen LogP contribution in [0.15, 0.2) is 0 Å². The highest BCUT2D eigenvalue weighted by Crippen LogP contribution is 2.24. The van der Waals surface area contributed by atoms with Crippen LogP contribution in [0.25, 0.3) is 0 Å². The zero-order valence-electron chi connectivity index (χ0n) is 9.44. The molecule has 0 aromatic heterocycles. The molecule has 1 N–H and O–H groups in total. The summed E-state index contributed by atoms with van der Waals surface area (Å²) >= 11 is 0. The fourth-order valence-corrected chi connectivity index (χ4v) is 1.91. The Balaban J connectivity index is 2.15. The van der Waals surface area contributed by atoms with E-state index in [1.807, 2.05) is 13.8 Å². The minimum absolute atomic E-state index is 0.105. The molecule has 15 heavy (non-hydrogen) atoms. The molecule has 4 nitrogen and oxygen atoms in total. The van der Waals surface area contributed by atoms with Gasteiger partial charge in [-0.05, 0) is 39.5 Å². The molecule has 0 aliphatic heterocycles. The maximum atomic E-state index is 10.3. The number of carboxylic acid groups (broad SMARTS) is 1. The highest BCUT2D eigenvalue weighted by molar-refractivity contribution is 5.68. The van der Waals surface area contributed by atoms with Crippen molar-refractivity contribution in [3.05, 3.63) is 0 Å². The third kappa shape index (κ3) is 5.14. The summed E-state index contributed by atoms with van der Waals surface area (Å²) in [6, 6.07) is 0. The first kappa shape index (κ1) is 12.5. The van der Waals surface area contributed by atoms with Crippen LogP contribution in [0.2, 0.25) is 0 Å². The van der Waals surface area contributed by atoms with E-state index in [0.717, 1.165) is 25.7 Å². The first-order valence-electron chi connectivity index (χ1n) is 5.56. The summed E-state index contributed by atoms with van der Waals surface area (Å²) in [5.74, 6) is -0.893. The van der Waals surface area contributed by atoms with Gasteiger partial charge >= 0.3 is 5.97 Å². The molecule has 1 saturated carbocycles. The molecule has 1 fully saturated rings. The average Bonchev–Trinajstić information content (AvgIpc) is 2.16. The number of rotatable bonds is 5. The third-order valence-corrected chi connectivity index (χ3v) is 2.53. The number of aliphatic carboxylic acids is 1. The van der Waals surface area contributed by atoms with Crippen LogP contribution in [-0.2, 0) is 14.3 Å². The van der Waals surface area contributed by atoms with E-state index in [1.54, 1.807) is 0 Å². The van der Waals surface area contributed by atoms with Gasteiger partial charge in [0.05, 0.1) is 18.3 Å². The fraction of sp³-hybridized carbons (Fsp3) is 0.909. The number of hydrogen-bond donors (Lipinski definition) is 1. The number of ether oxygens (including phenoxy) is 2. The van der Waals surface area contributed by atoms with Gasteiger partial charge in [-0.25, -0.2) is 4.79 Å². The molecule has 0 heterocycles. The van der Waals surface area contributed by atoms with Gasteiger partial charge in [-0.15, -0.1) is 0 Å². The molecule has 0 saturated heterocycles. The Labute approximate surface area is 90.6 Å². The molecule has 0 amide bonds. The minimum atomic E-state index is -0.893. The van der Waals surface area contributed by atoms with Crippen LogP contribution in [0.3, 0.4) is 0 Å². The van der Waals surface area contributed by atoms with E-state index in [2.05, 4.69) is 0 Å². The molecule has 1 aliphatic carbocycles. The maximum Gasteiger partial charge on any atom is 0.329 e. The predicted octanol–water partition coefficient (Wildman–Crippen LogP) is 1.82. The van der Waals surface area contributed by atoms with Crippen molar-refractivity contribution in [1.82, 2.24) is 0 Å². The van der Waals surface area contributed by atoms with E-state index in [-0.39, 0.29) is 18.8 Å². The molecule has 0 bridgehead atoms. The summed E-state index contributed by atoms with van der Waals surface area (Å²) in [7, 11) is 0. The SMILES string of the molecule is CC(C)OC1CCC(OCC(=O)O)CC1. The second kappa shape index (κ2) is 6.08. The second-order valence-electron chi connectivity index (χ2n) is 4.29. The zero-order valence-corrected chi connectivity index (χ0v) is 9.44. The lowest BCUT2D eigenvalue weighted by molar-refractivity contribution is -0.145. The van der Waals surface area contributed by atoms with Crippen molar-refractivity contribution in [2.24, 2.45) is 0 Å². The van der Waals surface area contributed by atoms with Crippen molar-refractivity contribution < 1.29 is 19.4 Å². The van der Waals surface area contributed by atoms with Crippen molar-refractivity contribution in [3.8, 4) is 0 Å². The summed E-state index contributed by atoms with van der Waals surface area (Å²) in [6.45, 7) is 3.89. The van der Waals surface area contributed by atoms with Gasteiger partial charge in [0.25, 0.3) is 0 Å². The van der Waals surface area contributed by atoms with Gasteiger partial charge in [0, 0.05) is 0 Å². The molecule has 0 aromatic carbocycles. The molecule has 0 aromatic rings. The highest BCUT2D eigenvalue weighted by atomic mass is 16.5. The van der Waals surface area contributed by atoms with Crippen LogP contribution in [0, 0.1) is 0 Å². The molecule has 1 aliphatic rings. The second-order valence-corrected chi connectivity index (χ2v) is 4.29. The smallest absolute Gasteiger partial charge is 0.329 e. The number of carbonyl (C=O) groups is 1. The van der Waals surface area contributed by atoms with Gasteiger partial charge in [0.2, 0.25) is 0 Å². The van der Waals surface area contributed by atoms with E-state index >= 15 is 0 Å². The van der Waals surface area contributed by atoms with Crippen LogP contribution < -0.4 is 0 Å². The van der Waals surface area contributed by atoms with E-state index in [0.29, 0.717) is 6.10 Å². The Morgan fingerprint density at radius 2 is 1.80 bits per heavy atom. The molecule has 0 radical (unpaired) electrons. The van der Waals surface area contributed by atoms with Gasteiger partial charge in [0.15, 0.2) is 0 Å². The normalized spacial score (nSPS) is 26.9. The first-order valence-corrected chi connectivity index (χ1v) is 5.56. The Morgan fingerprint density at radius 1 is 1.27 bits per heavy atom. The van der Waals surface area contributed by atoms with Gasteiger partial charge in [0.1, 0.15) is 6.61 Å². The monoisotopic (exact) mass is 216 g/mol. The summed E-state index contributed by atoms with van der Waals surface area (Å²) in [5, 5.41) is 8.47. The molecule has 0 spiro atoms. The predicted molar refractivity (Wildman–Crippen MR) is 55.9 cm³/mol. The summed E-state index contributed by atoms with van der Waals surface area (Å²) in [5.41, 5.74) is 0. The quantitative estimate of drug-likeness (QED) is 0.761. The first-order chi connectivity index (χ1) is 7.08. The molecular formula is C11H20O4. The summed E-state index contributed by atoms with van der Waals surface area (Å²) < 4.78 is 10.9. The van der Waals surface area contributed by atoms with Gasteiger partial charge in [-0.1, -0.05) is 0 Å². The van der Waals surface area contributed by atoms with Crippen LogP contribution in [-0.4, -0.2) is 36.0 Å². The minimum Gasteiger partial charge on any atom is -0.480 e. The van der Waals surface area contributed by atoms with Crippen molar-refractivity contribution in [2.45, 2.75) is 57.8 Å². The van der Waals surface area contributed by atoms with E-state index < -0.39 is 5.97 Å². The maximum absolute atomic E-state index is 10.3. The van der Waals surface area contributed by atoms with Crippen molar-refractivity contribution in [1.29, 1.82) is 0 Å². The zero-order chi connectivity index (χ0) is 11.3. The van der Waals surface area contributed by atoms with Crippen molar-refractivity contribution >= 4 is 5.97 Å². The lowest BCUT2D eigenvalue weighted by atomic mass is 9.95. The average molecular weight is 216 g/mol. The molecule has 0 unspecified atom stereocenters. The fourth-order valence-electron chi connectivity index (χ4n) is 1.91. The Morgan fingerprint density at radius 3 is 2.27 bits per heavy atom. The van der Waals surface area contributed by atoms with Crippen LogP contribution in [0.4, 0.5) is 0 Å². The van der Waals surface area contributed by atoms with Crippen LogP contribution in [0.1, 0.15) is 39.5 Å². The largest absolute Gasteiger partial charge is 0.480 e. The molecule has 4 heteroatoms. The molecule has 0 atom stereocenters. The van der Waals surface area contributed by atoms with E-state index in [9.17, 15) is 4.79 Å². The summed E-state index contributed by atoms with van der Waals surface area (Å²) in [6.07, 6.45) is 4.47. The lowest BCUT2D eigenvalue weighted by Crippen LogP contribution is -2.29. The topological polar surface area (TPSA) is 55.8 Å². The van der Waals surface area contributed by atoms with Gasteiger partial charge < -0.3 is 14.6 Å². The van der Waals surface area contributed by atoms with Crippen LogP contribution >= 0.6 is 0 Å². The molecular weight excluding hydrogens is 196 g/mol. The van der Waals surface area contributed by atoms with Crippen LogP contribution in [0.5, 0.6) is 0 Å².